The molecule has 2 heterocycles. The van der Waals surface area contributed by atoms with Crippen LogP contribution in [0.25, 0.3) is 0 Å². The highest BCUT2D eigenvalue weighted by molar-refractivity contribution is 7.99. The highest BCUT2D eigenvalue weighted by Crippen LogP contribution is 2.23. The minimum atomic E-state index is 0.0533. The van der Waals surface area contributed by atoms with Crippen molar-refractivity contribution >= 4 is 17.6 Å². The average molecular weight is 275 g/mol. The molecule has 0 radical (unpaired) electrons. The molecular weight excluding hydrogens is 262 g/mol. The molecule has 0 aliphatic heterocycles. The van der Waals surface area contributed by atoms with Crippen LogP contribution in [0.2, 0.25) is 0 Å². The van der Waals surface area contributed by atoms with E-state index in [-0.39, 0.29) is 5.84 Å². The number of rotatable bonds is 3. The molecule has 0 saturated heterocycles. The molecule has 2 aromatic heterocycles. The zero-order valence-corrected chi connectivity index (χ0v) is 11.3. The largest absolute Gasteiger partial charge is 0.409 e. The van der Waals surface area contributed by atoms with Crippen LogP contribution in [0.1, 0.15) is 17.0 Å². The Hall–Kier alpha value is -2.15. The summed E-state index contributed by atoms with van der Waals surface area (Å²) in [6, 6.07) is 5.31. The molecule has 7 heteroatoms. The molecule has 0 bridgehead atoms. The van der Waals surface area contributed by atoms with E-state index in [0.29, 0.717) is 15.7 Å². The van der Waals surface area contributed by atoms with Crippen LogP contribution in [0.15, 0.2) is 39.7 Å². The molecule has 0 aliphatic rings. The van der Waals surface area contributed by atoms with E-state index < -0.39 is 0 Å². The first-order valence-electron chi connectivity index (χ1n) is 5.52. The molecule has 0 saturated carbocycles. The highest BCUT2D eigenvalue weighted by Gasteiger charge is 2.07. The molecule has 0 aromatic carbocycles. The second kappa shape index (κ2) is 5.66. The summed E-state index contributed by atoms with van der Waals surface area (Å²) in [5.74, 6) is 0.0533. The first kappa shape index (κ1) is 13.3. The monoisotopic (exact) mass is 275 g/mol. The van der Waals surface area contributed by atoms with Gasteiger partial charge in [-0.15, -0.1) is 0 Å². The van der Waals surface area contributed by atoms with Gasteiger partial charge in [0.05, 0.1) is 0 Å². The molecule has 0 unspecified atom stereocenters. The summed E-state index contributed by atoms with van der Waals surface area (Å²) in [7, 11) is 0. The lowest BCUT2D eigenvalue weighted by Gasteiger charge is -2.05. The summed E-state index contributed by atoms with van der Waals surface area (Å²) in [5, 5.41) is 13.0. The standard InChI is InChI=1S/C12H13N5OS/c1-7-3-4-14-12(16-7)19-10-6-9(11(13)17-18)5-8(2)15-10/h3-6,18H,1-2H3,(H2,13,17). The minimum absolute atomic E-state index is 0.0533. The Bertz CT molecular complexity index is 629. The lowest BCUT2D eigenvalue weighted by Crippen LogP contribution is -2.13. The number of oxime groups is 1. The van der Waals surface area contributed by atoms with Crippen molar-refractivity contribution in [3.63, 3.8) is 0 Å². The molecular formula is C12H13N5OS. The molecule has 3 N–H and O–H groups in total. The number of nitrogens with zero attached hydrogens (tertiary/aromatic N) is 4. The Morgan fingerprint density at radius 1 is 1.26 bits per heavy atom. The summed E-state index contributed by atoms with van der Waals surface area (Å²) >= 11 is 1.33. The predicted molar refractivity (Wildman–Crippen MR) is 72.4 cm³/mol. The van der Waals surface area contributed by atoms with E-state index in [1.54, 1.807) is 18.3 Å². The molecule has 19 heavy (non-hydrogen) atoms. The number of aromatic nitrogens is 3. The number of pyridine rings is 1. The van der Waals surface area contributed by atoms with Crippen LogP contribution in [-0.4, -0.2) is 26.0 Å². The van der Waals surface area contributed by atoms with E-state index in [1.807, 2.05) is 19.9 Å². The molecule has 0 fully saturated rings. The Morgan fingerprint density at radius 3 is 2.74 bits per heavy atom. The number of nitrogens with two attached hydrogens (primary N) is 1. The average Bonchev–Trinajstić information content (AvgIpc) is 2.37. The van der Waals surface area contributed by atoms with Gasteiger partial charge >= 0.3 is 0 Å². The Kier molecular flexibility index (Phi) is 3.96. The van der Waals surface area contributed by atoms with Crippen LogP contribution in [0.3, 0.4) is 0 Å². The molecule has 0 aliphatic carbocycles. The van der Waals surface area contributed by atoms with E-state index in [1.165, 1.54) is 11.8 Å². The first-order chi connectivity index (χ1) is 9.08. The third-order valence-corrected chi connectivity index (χ3v) is 3.10. The normalized spacial score (nSPS) is 11.6. The molecule has 0 atom stereocenters. The van der Waals surface area contributed by atoms with E-state index in [0.717, 1.165) is 11.4 Å². The Labute approximate surface area is 114 Å². The van der Waals surface area contributed by atoms with Gasteiger partial charge in [0.2, 0.25) is 0 Å². The van der Waals surface area contributed by atoms with E-state index in [4.69, 9.17) is 10.9 Å². The van der Waals surface area contributed by atoms with Crippen molar-refractivity contribution < 1.29 is 5.21 Å². The van der Waals surface area contributed by atoms with Gasteiger partial charge in [-0.2, -0.15) is 0 Å². The summed E-state index contributed by atoms with van der Waals surface area (Å²) in [5.41, 5.74) is 7.86. The zero-order chi connectivity index (χ0) is 13.8. The van der Waals surface area contributed by atoms with Crippen LogP contribution in [0.5, 0.6) is 0 Å². The summed E-state index contributed by atoms with van der Waals surface area (Å²) in [4.78, 5) is 12.8. The van der Waals surface area contributed by atoms with E-state index in [2.05, 4.69) is 20.1 Å². The van der Waals surface area contributed by atoms with Crippen molar-refractivity contribution in [2.45, 2.75) is 24.0 Å². The zero-order valence-electron chi connectivity index (χ0n) is 10.5. The maximum absolute atomic E-state index is 8.71. The fourth-order valence-corrected chi connectivity index (χ4v) is 2.33. The van der Waals surface area contributed by atoms with Crippen molar-refractivity contribution in [3.05, 3.63) is 41.3 Å². The first-order valence-corrected chi connectivity index (χ1v) is 6.34. The Morgan fingerprint density at radius 2 is 2.05 bits per heavy atom. The summed E-state index contributed by atoms with van der Waals surface area (Å²) in [6.45, 7) is 3.74. The third-order valence-electron chi connectivity index (χ3n) is 2.30. The van der Waals surface area contributed by atoms with Gasteiger partial charge in [-0.3, -0.25) is 0 Å². The summed E-state index contributed by atoms with van der Waals surface area (Å²) in [6.07, 6.45) is 1.70. The van der Waals surface area contributed by atoms with Crippen LogP contribution >= 0.6 is 11.8 Å². The maximum Gasteiger partial charge on any atom is 0.194 e. The number of hydrogen-bond donors (Lipinski definition) is 2. The van der Waals surface area contributed by atoms with Gasteiger partial charge in [0.25, 0.3) is 0 Å². The van der Waals surface area contributed by atoms with Crippen molar-refractivity contribution in [3.8, 4) is 0 Å². The van der Waals surface area contributed by atoms with Gasteiger partial charge < -0.3 is 10.9 Å². The van der Waals surface area contributed by atoms with E-state index in [9.17, 15) is 0 Å². The predicted octanol–water partition coefficient (Wildman–Crippen LogP) is 1.73. The van der Waals surface area contributed by atoms with Crippen LogP contribution in [0.4, 0.5) is 0 Å². The number of amidine groups is 1. The van der Waals surface area contributed by atoms with Crippen molar-refractivity contribution in [2.75, 3.05) is 0 Å². The van der Waals surface area contributed by atoms with Gasteiger partial charge in [-0.05, 0) is 43.8 Å². The third kappa shape index (κ3) is 3.41. The van der Waals surface area contributed by atoms with Crippen LogP contribution in [0, 0.1) is 13.8 Å². The fraction of sp³-hybridized carbons (Fsp3) is 0.167. The van der Waals surface area contributed by atoms with Gasteiger partial charge in [0.15, 0.2) is 11.0 Å². The second-order valence-corrected chi connectivity index (χ2v) is 4.89. The second-order valence-electron chi connectivity index (χ2n) is 3.90. The molecule has 6 nitrogen and oxygen atoms in total. The van der Waals surface area contributed by atoms with E-state index >= 15 is 0 Å². The summed E-state index contributed by atoms with van der Waals surface area (Å²) < 4.78 is 0. The molecule has 2 rings (SSSR count). The van der Waals surface area contributed by atoms with Crippen molar-refractivity contribution in [1.29, 1.82) is 0 Å². The lowest BCUT2D eigenvalue weighted by atomic mass is 10.2. The van der Waals surface area contributed by atoms with Gasteiger partial charge in [0.1, 0.15) is 5.03 Å². The molecule has 2 aromatic rings. The van der Waals surface area contributed by atoms with Gasteiger partial charge in [-0.1, -0.05) is 5.16 Å². The number of hydrogen-bond acceptors (Lipinski definition) is 6. The maximum atomic E-state index is 8.71. The SMILES string of the molecule is Cc1cc(/C(N)=N/O)cc(Sc2nccc(C)n2)n1. The van der Waals surface area contributed by atoms with Gasteiger partial charge in [-0.25, -0.2) is 15.0 Å². The van der Waals surface area contributed by atoms with Crippen LogP contribution in [-0.2, 0) is 0 Å². The number of aryl methyl sites for hydroxylation is 2. The fourth-order valence-electron chi connectivity index (χ4n) is 1.46. The van der Waals surface area contributed by atoms with Crippen LogP contribution < -0.4 is 5.73 Å². The minimum Gasteiger partial charge on any atom is -0.409 e. The lowest BCUT2D eigenvalue weighted by molar-refractivity contribution is 0.318. The Balaban J connectivity index is 2.33. The van der Waals surface area contributed by atoms with Crippen molar-refractivity contribution in [2.24, 2.45) is 10.9 Å². The molecule has 0 spiro atoms. The molecule has 98 valence electrons. The topological polar surface area (TPSA) is 97.3 Å². The smallest absolute Gasteiger partial charge is 0.194 e. The highest BCUT2D eigenvalue weighted by atomic mass is 32.2. The quantitative estimate of drug-likeness (QED) is 0.291. The van der Waals surface area contributed by atoms with Gasteiger partial charge in [0, 0.05) is 23.1 Å². The van der Waals surface area contributed by atoms with Crippen molar-refractivity contribution in [1.82, 2.24) is 15.0 Å². The molecule has 0 amide bonds.